The highest BCUT2D eigenvalue weighted by Gasteiger charge is 2.19. The van der Waals surface area contributed by atoms with Gasteiger partial charge in [0.2, 0.25) is 0 Å². The lowest BCUT2D eigenvalue weighted by Gasteiger charge is -2.32. The molecule has 172 valence electrons. The topological polar surface area (TPSA) is 45.5 Å². The molecule has 0 amide bonds. The molecule has 4 nitrogen and oxygen atoms in total. The Bertz CT molecular complexity index is 1330. The molecule has 4 aromatic rings. The first-order valence-electron chi connectivity index (χ1n) is 12.0. The van der Waals surface area contributed by atoms with Gasteiger partial charge in [0.1, 0.15) is 5.58 Å². The first-order valence-corrected chi connectivity index (χ1v) is 12.0. The third-order valence-electron chi connectivity index (χ3n) is 6.55. The molecule has 0 aliphatic carbocycles. The zero-order valence-electron chi connectivity index (χ0n) is 19.5. The van der Waals surface area contributed by atoms with E-state index in [1.54, 1.807) is 6.07 Å². The van der Waals surface area contributed by atoms with Crippen LogP contribution in [0, 0.1) is 6.92 Å². The summed E-state index contributed by atoms with van der Waals surface area (Å²) in [5.74, 6) is 0. The molecular weight excluding hydrogens is 420 g/mol. The number of likely N-dealkylation sites (tertiary alicyclic amines) is 1. The Hall–Kier alpha value is -3.63. The van der Waals surface area contributed by atoms with Gasteiger partial charge in [-0.2, -0.15) is 0 Å². The largest absolute Gasteiger partial charge is 0.423 e. The van der Waals surface area contributed by atoms with Gasteiger partial charge in [0.15, 0.2) is 0 Å². The molecule has 0 atom stereocenters. The Balaban J connectivity index is 1.27. The van der Waals surface area contributed by atoms with E-state index in [4.69, 9.17) is 4.42 Å². The minimum Gasteiger partial charge on any atom is -0.423 e. The number of rotatable bonds is 6. The van der Waals surface area contributed by atoms with Crippen LogP contribution >= 0.6 is 0 Å². The lowest BCUT2D eigenvalue weighted by Crippen LogP contribution is -2.39. The SMILES string of the molecule is Cc1ccc(-c2ccc3oc(=O)cc(NC4CCN(CC=Cc5ccccc5)CC4)c3c2)cc1. The van der Waals surface area contributed by atoms with Crippen LogP contribution in [0.25, 0.3) is 28.2 Å². The van der Waals surface area contributed by atoms with Gasteiger partial charge in [-0.05, 0) is 48.6 Å². The summed E-state index contributed by atoms with van der Waals surface area (Å²) in [4.78, 5) is 14.7. The van der Waals surface area contributed by atoms with Crippen molar-refractivity contribution >= 4 is 22.7 Å². The number of benzene rings is 3. The van der Waals surface area contributed by atoms with Gasteiger partial charge in [0.05, 0.1) is 5.69 Å². The standard InChI is InChI=1S/C30H30N2O2/c1-22-9-11-24(12-10-22)25-13-14-29-27(20-25)28(21-30(33)34-29)31-26-15-18-32(19-16-26)17-5-8-23-6-3-2-4-7-23/h2-14,20-21,26,31H,15-19H2,1H3. The zero-order chi connectivity index (χ0) is 23.3. The number of nitrogens with zero attached hydrogens (tertiary/aromatic N) is 1. The summed E-state index contributed by atoms with van der Waals surface area (Å²) < 4.78 is 5.49. The number of piperidine rings is 1. The highest BCUT2D eigenvalue weighted by atomic mass is 16.4. The summed E-state index contributed by atoms with van der Waals surface area (Å²) >= 11 is 0. The molecule has 0 saturated carbocycles. The Morgan fingerprint density at radius 1 is 0.941 bits per heavy atom. The van der Waals surface area contributed by atoms with Crippen molar-refractivity contribution in [2.24, 2.45) is 0 Å². The Kier molecular flexibility index (Phi) is 6.59. The normalized spacial score (nSPS) is 15.2. The van der Waals surface area contributed by atoms with Crippen LogP contribution in [0.5, 0.6) is 0 Å². The monoisotopic (exact) mass is 450 g/mol. The molecule has 1 N–H and O–H groups in total. The maximum absolute atomic E-state index is 12.2. The summed E-state index contributed by atoms with van der Waals surface area (Å²) in [6.07, 6.45) is 6.51. The number of hydrogen-bond acceptors (Lipinski definition) is 4. The van der Waals surface area contributed by atoms with Crippen LogP contribution in [0.4, 0.5) is 5.69 Å². The highest BCUT2D eigenvalue weighted by molar-refractivity contribution is 5.93. The second-order valence-electron chi connectivity index (χ2n) is 9.09. The molecule has 0 bridgehead atoms. The predicted octanol–water partition coefficient (Wildman–Crippen LogP) is 6.36. The molecular formula is C30H30N2O2. The molecule has 0 spiro atoms. The summed E-state index contributed by atoms with van der Waals surface area (Å²) in [5.41, 5.74) is 5.91. The van der Waals surface area contributed by atoms with Crippen molar-refractivity contribution in [3.63, 3.8) is 0 Å². The van der Waals surface area contributed by atoms with E-state index in [0.717, 1.165) is 54.7 Å². The number of aryl methyl sites for hydroxylation is 1. The van der Waals surface area contributed by atoms with Crippen molar-refractivity contribution in [2.75, 3.05) is 25.0 Å². The zero-order valence-corrected chi connectivity index (χ0v) is 19.5. The van der Waals surface area contributed by atoms with Crippen LogP contribution in [0.15, 0.2) is 94.2 Å². The maximum Gasteiger partial charge on any atom is 0.338 e. The summed E-state index contributed by atoms with van der Waals surface area (Å²) in [5, 5.41) is 4.60. The fourth-order valence-electron chi connectivity index (χ4n) is 4.59. The van der Waals surface area contributed by atoms with Crippen molar-refractivity contribution in [2.45, 2.75) is 25.8 Å². The average molecular weight is 451 g/mol. The fraction of sp³-hybridized carbons (Fsp3) is 0.233. The second-order valence-corrected chi connectivity index (χ2v) is 9.09. The average Bonchev–Trinajstić information content (AvgIpc) is 2.86. The van der Waals surface area contributed by atoms with Crippen LogP contribution < -0.4 is 10.9 Å². The van der Waals surface area contributed by atoms with E-state index in [-0.39, 0.29) is 5.63 Å². The van der Waals surface area contributed by atoms with Crippen molar-refractivity contribution in [1.82, 2.24) is 4.90 Å². The predicted molar refractivity (Wildman–Crippen MR) is 141 cm³/mol. The van der Waals surface area contributed by atoms with Gasteiger partial charge in [0.25, 0.3) is 0 Å². The van der Waals surface area contributed by atoms with Gasteiger partial charge in [0, 0.05) is 37.1 Å². The number of fused-ring (bicyclic) bond motifs is 1. The first-order chi connectivity index (χ1) is 16.6. The number of hydrogen-bond donors (Lipinski definition) is 1. The quantitative estimate of drug-likeness (QED) is 0.347. The first kappa shape index (κ1) is 22.2. The van der Waals surface area contributed by atoms with E-state index in [1.165, 1.54) is 11.1 Å². The molecule has 2 heterocycles. The maximum atomic E-state index is 12.2. The lowest BCUT2D eigenvalue weighted by atomic mass is 10.0. The van der Waals surface area contributed by atoms with Gasteiger partial charge in [-0.15, -0.1) is 0 Å². The third-order valence-corrected chi connectivity index (χ3v) is 6.55. The van der Waals surface area contributed by atoms with Gasteiger partial charge in [-0.1, -0.05) is 78.4 Å². The fourth-order valence-corrected chi connectivity index (χ4v) is 4.59. The van der Waals surface area contributed by atoms with Crippen LogP contribution in [0.1, 0.15) is 24.0 Å². The minimum atomic E-state index is -0.318. The minimum absolute atomic E-state index is 0.318. The van der Waals surface area contributed by atoms with Crippen molar-refractivity contribution in [3.8, 4) is 11.1 Å². The van der Waals surface area contributed by atoms with E-state index in [1.807, 2.05) is 18.2 Å². The van der Waals surface area contributed by atoms with Gasteiger partial charge < -0.3 is 9.73 Å². The molecule has 3 aromatic carbocycles. The third kappa shape index (κ3) is 5.29. The lowest BCUT2D eigenvalue weighted by molar-refractivity contribution is 0.240. The summed E-state index contributed by atoms with van der Waals surface area (Å²) in [6, 6.07) is 26.9. The molecule has 0 unspecified atom stereocenters. The molecule has 4 heteroatoms. The van der Waals surface area contributed by atoms with Gasteiger partial charge in [-0.3, -0.25) is 4.90 Å². The van der Waals surface area contributed by atoms with Crippen LogP contribution in [0.2, 0.25) is 0 Å². The molecule has 1 aliphatic heterocycles. The Morgan fingerprint density at radius 3 is 2.44 bits per heavy atom. The van der Waals surface area contributed by atoms with Gasteiger partial charge >= 0.3 is 5.63 Å². The van der Waals surface area contributed by atoms with E-state index < -0.39 is 0 Å². The van der Waals surface area contributed by atoms with Crippen LogP contribution in [-0.4, -0.2) is 30.6 Å². The second kappa shape index (κ2) is 10.1. The van der Waals surface area contributed by atoms with Gasteiger partial charge in [-0.25, -0.2) is 4.79 Å². The molecule has 34 heavy (non-hydrogen) atoms. The van der Waals surface area contributed by atoms with E-state index in [9.17, 15) is 4.79 Å². The Morgan fingerprint density at radius 2 is 1.68 bits per heavy atom. The molecule has 1 fully saturated rings. The molecule has 1 aliphatic rings. The molecule has 1 aromatic heterocycles. The summed E-state index contributed by atoms with van der Waals surface area (Å²) in [6.45, 7) is 5.11. The smallest absolute Gasteiger partial charge is 0.338 e. The highest BCUT2D eigenvalue weighted by Crippen LogP contribution is 2.29. The molecule has 1 saturated heterocycles. The van der Waals surface area contributed by atoms with Crippen LogP contribution in [-0.2, 0) is 0 Å². The number of anilines is 1. The van der Waals surface area contributed by atoms with E-state index in [2.05, 4.69) is 83.9 Å². The molecule has 5 rings (SSSR count). The number of nitrogens with one attached hydrogen (secondary N) is 1. The van der Waals surface area contributed by atoms with E-state index >= 15 is 0 Å². The summed E-state index contributed by atoms with van der Waals surface area (Å²) in [7, 11) is 0. The molecule has 0 radical (unpaired) electrons. The van der Waals surface area contributed by atoms with Crippen LogP contribution in [0.3, 0.4) is 0 Å². The van der Waals surface area contributed by atoms with Crippen molar-refractivity contribution in [1.29, 1.82) is 0 Å². The van der Waals surface area contributed by atoms with Crippen molar-refractivity contribution < 1.29 is 4.42 Å². The van der Waals surface area contributed by atoms with E-state index in [0.29, 0.717) is 11.6 Å². The Labute approximate surface area is 200 Å². The van der Waals surface area contributed by atoms with Crippen molar-refractivity contribution in [3.05, 3.63) is 106 Å².